The molecule has 2 N–H and O–H groups in total. The fourth-order valence-corrected chi connectivity index (χ4v) is 4.78. The Kier molecular flexibility index (Phi) is 8.35. The van der Waals surface area contributed by atoms with Crippen molar-refractivity contribution in [2.45, 2.75) is 30.9 Å². The van der Waals surface area contributed by atoms with Crippen LogP contribution < -0.4 is 10.0 Å². The van der Waals surface area contributed by atoms with Crippen LogP contribution >= 0.6 is 24.0 Å². The Morgan fingerprint density at radius 3 is 2.31 bits per heavy atom. The predicted octanol–water partition coefficient (Wildman–Crippen LogP) is 2.96. The maximum absolute atomic E-state index is 12.4. The van der Waals surface area contributed by atoms with Gasteiger partial charge >= 0.3 is 0 Å². The molecule has 2 aromatic rings. The van der Waals surface area contributed by atoms with Crippen molar-refractivity contribution in [3.05, 3.63) is 42.7 Å². The Balaban J connectivity index is 1.99. The largest absolute Gasteiger partial charge is 0.358 e. The minimum absolute atomic E-state index is 0.0140. The van der Waals surface area contributed by atoms with E-state index in [9.17, 15) is 13.2 Å². The minimum atomic E-state index is -3.82. The van der Waals surface area contributed by atoms with Gasteiger partial charge in [-0.25, -0.2) is 23.1 Å². The highest BCUT2D eigenvalue weighted by molar-refractivity contribution is 8.23. The minimum Gasteiger partial charge on any atom is -0.358 e. The molecular weight excluding hydrogens is 430 g/mol. The number of sulfonamides is 1. The molecule has 0 unspecified atom stereocenters. The van der Waals surface area contributed by atoms with Gasteiger partial charge in [-0.3, -0.25) is 4.79 Å². The zero-order chi connectivity index (χ0) is 21.4. The number of thioether (sulfide) groups is 1. The van der Waals surface area contributed by atoms with E-state index in [1.54, 1.807) is 13.0 Å². The molecule has 0 aliphatic carbocycles. The Labute approximate surface area is 180 Å². The molecule has 1 aromatic heterocycles. The number of benzene rings is 1. The zero-order valence-corrected chi connectivity index (χ0v) is 18.8. The van der Waals surface area contributed by atoms with E-state index < -0.39 is 10.0 Å². The normalized spacial score (nSPS) is 12.1. The van der Waals surface area contributed by atoms with Gasteiger partial charge in [0.1, 0.15) is 4.32 Å². The summed E-state index contributed by atoms with van der Waals surface area (Å²) in [5, 5.41) is 2.39. The van der Waals surface area contributed by atoms with Crippen molar-refractivity contribution in [1.29, 1.82) is 0 Å². The first-order valence-corrected chi connectivity index (χ1v) is 11.7. The smallest absolute Gasteiger partial charge is 0.264 e. The van der Waals surface area contributed by atoms with Crippen LogP contribution in [0.15, 0.2) is 47.6 Å². The van der Waals surface area contributed by atoms with E-state index >= 15 is 0 Å². The molecule has 0 bridgehead atoms. The zero-order valence-electron chi connectivity index (χ0n) is 16.3. The Hall–Kier alpha value is -2.24. The van der Waals surface area contributed by atoms with Crippen molar-refractivity contribution in [2.75, 3.05) is 23.1 Å². The van der Waals surface area contributed by atoms with Crippen molar-refractivity contribution in [2.24, 2.45) is 0 Å². The molecule has 11 heteroatoms. The lowest BCUT2D eigenvalue weighted by atomic mass is 10.3. The fourth-order valence-electron chi connectivity index (χ4n) is 2.25. The summed E-state index contributed by atoms with van der Waals surface area (Å²) in [6.45, 7) is 7.37. The highest BCUT2D eigenvalue weighted by Crippen LogP contribution is 2.20. The predicted molar refractivity (Wildman–Crippen MR) is 120 cm³/mol. The molecule has 1 atom stereocenters. The van der Waals surface area contributed by atoms with E-state index in [1.165, 1.54) is 48.4 Å². The number of carbonyl (C=O) groups is 1. The molecule has 1 heterocycles. The second kappa shape index (κ2) is 10.5. The van der Waals surface area contributed by atoms with Crippen LogP contribution in [0.25, 0.3) is 0 Å². The standard InChI is InChI=1S/C18H23N5O3S3/c1-4-23(5-2)18(27)28-13(3)16(24)21-14-7-9-15(10-8-14)29(25,26)22-17-19-11-6-12-20-17/h6-13H,4-5H2,1-3H3,(H,21,24)(H,19,20,22)/t13-/m0/s1. The second-order valence-corrected chi connectivity index (χ2v) is 9.55. The number of nitrogens with zero attached hydrogens (tertiary/aromatic N) is 3. The number of amides is 1. The van der Waals surface area contributed by atoms with Crippen LogP contribution in [0.3, 0.4) is 0 Å². The van der Waals surface area contributed by atoms with Crippen LogP contribution in [0.5, 0.6) is 0 Å². The van der Waals surface area contributed by atoms with Crippen LogP contribution in [0.4, 0.5) is 11.6 Å². The molecule has 0 aliphatic heterocycles. The van der Waals surface area contributed by atoms with Crippen molar-refractivity contribution >= 4 is 55.9 Å². The Bertz CT molecular complexity index is 933. The SMILES string of the molecule is CCN(CC)C(=S)S[C@@H](C)C(=O)Nc1ccc(S(=O)(=O)Nc2ncccn2)cc1. The topological polar surface area (TPSA) is 104 Å². The van der Waals surface area contributed by atoms with E-state index in [0.29, 0.717) is 10.0 Å². The summed E-state index contributed by atoms with van der Waals surface area (Å²) in [5.74, 6) is -0.226. The molecule has 8 nitrogen and oxygen atoms in total. The number of nitrogens with one attached hydrogen (secondary N) is 2. The number of hydrogen-bond donors (Lipinski definition) is 2. The summed E-state index contributed by atoms with van der Waals surface area (Å²) in [7, 11) is -3.82. The van der Waals surface area contributed by atoms with Crippen molar-refractivity contribution < 1.29 is 13.2 Å². The van der Waals surface area contributed by atoms with Gasteiger partial charge in [-0.2, -0.15) is 0 Å². The van der Waals surface area contributed by atoms with Crippen molar-refractivity contribution in [1.82, 2.24) is 14.9 Å². The molecule has 0 radical (unpaired) electrons. The number of anilines is 2. The first-order chi connectivity index (χ1) is 13.8. The highest BCUT2D eigenvalue weighted by atomic mass is 32.2. The Morgan fingerprint density at radius 1 is 1.17 bits per heavy atom. The van der Waals surface area contributed by atoms with Crippen LogP contribution in [0.1, 0.15) is 20.8 Å². The summed E-state index contributed by atoms with van der Waals surface area (Å²) in [4.78, 5) is 22.1. The quantitative estimate of drug-likeness (QED) is 0.588. The molecule has 1 amide bonds. The summed E-state index contributed by atoms with van der Waals surface area (Å²) < 4.78 is 27.7. The number of rotatable bonds is 8. The van der Waals surface area contributed by atoms with Gasteiger partial charge in [-0.1, -0.05) is 24.0 Å². The van der Waals surface area contributed by atoms with Gasteiger partial charge < -0.3 is 10.2 Å². The van der Waals surface area contributed by atoms with Gasteiger partial charge in [0.2, 0.25) is 11.9 Å². The summed E-state index contributed by atoms with van der Waals surface area (Å²) in [5.41, 5.74) is 0.492. The van der Waals surface area contributed by atoms with Gasteiger partial charge in [0.05, 0.1) is 10.1 Å². The molecule has 0 saturated carbocycles. The van der Waals surface area contributed by atoms with Crippen molar-refractivity contribution in [3.63, 3.8) is 0 Å². The molecule has 0 aliphatic rings. The maximum Gasteiger partial charge on any atom is 0.264 e. The lowest BCUT2D eigenvalue weighted by Crippen LogP contribution is -2.31. The lowest BCUT2D eigenvalue weighted by Gasteiger charge is -2.22. The van der Waals surface area contributed by atoms with Gasteiger partial charge in [0, 0.05) is 31.2 Å². The first kappa shape index (κ1) is 23.0. The van der Waals surface area contributed by atoms with Gasteiger partial charge in [-0.15, -0.1) is 0 Å². The molecular formula is C18H23N5O3S3. The average Bonchev–Trinajstić information content (AvgIpc) is 2.69. The monoisotopic (exact) mass is 453 g/mol. The van der Waals surface area contributed by atoms with E-state index in [0.717, 1.165) is 13.1 Å². The summed E-state index contributed by atoms with van der Waals surface area (Å²) in [6.07, 6.45) is 2.88. The van der Waals surface area contributed by atoms with Gasteiger partial charge in [0.15, 0.2) is 0 Å². The number of thiocarbonyl (C=S) groups is 1. The highest BCUT2D eigenvalue weighted by Gasteiger charge is 2.19. The number of hydrogen-bond acceptors (Lipinski definition) is 7. The third-order valence-electron chi connectivity index (χ3n) is 3.89. The van der Waals surface area contributed by atoms with Crippen LogP contribution in [-0.2, 0) is 14.8 Å². The van der Waals surface area contributed by atoms with E-state index in [4.69, 9.17) is 12.2 Å². The van der Waals surface area contributed by atoms with Crippen LogP contribution in [-0.4, -0.2) is 51.9 Å². The third-order valence-corrected chi connectivity index (χ3v) is 6.81. The number of carbonyl (C=O) groups excluding carboxylic acids is 1. The Morgan fingerprint density at radius 2 is 1.76 bits per heavy atom. The third kappa shape index (κ3) is 6.65. The van der Waals surface area contributed by atoms with Gasteiger partial charge in [0.25, 0.3) is 10.0 Å². The molecule has 29 heavy (non-hydrogen) atoms. The summed E-state index contributed by atoms with van der Waals surface area (Å²) >= 11 is 6.69. The average molecular weight is 454 g/mol. The number of aromatic nitrogens is 2. The van der Waals surface area contributed by atoms with E-state index in [2.05, 4.69) is 20.0 Å². The van der Waals surface area contributed by atoms with E-state index in [-0.39, 0.29) is 22.0 Å². The molecule has 0 fully saturated rings. The molecule has 0 spiro atoms. The van der Waals surface area contributed by atoms with E-state index in [1.807, 2.05) is 18.7 Å². The first-order valence-electron chi connectivity index (χ1n) is 8.93. The molecule has 0 saturated heterocycles. The van der Waals surface area contributed by atoms with Crippen molar-refractivity contribution in [3.8, 4) is 0 Å². The molecule has 1 aromatic carbocycles. The van der Waals surface area contributed by atoms with Crippen LogP contribution in [0, 0.1) is 0 Å². The fraction of sp³-hybridized carbons (Fsp3) is 0.333. The van der Waals surface area contributed by atoms with Gasteiger partial charge in [-0.05, 0) is 51.1 Å². The summed E-state index contributed by atoms with van der Waals surface area (Å²) in [6, 6.07) is 7.44. The maximum atomic E-state index is 12.4. The molecule has 2 rings (SSSR count). The van der Waals surface area contributed by atoms with Crippen LogP contribution in [0.2, 0.25) is 0 Å². The molecule has 156 valence electrons. The lowest BCUT2D eigenvalue weighted by molar-refractivity contribution is -0.115. The second-order valence-electron chi connectivity index (χ2n) is 5.89.